The Morgan fingerprint density at radius 1 is 1.04 bits per heavy atom. The minimum absolute atomic E-state index is 0.0834. The number of amides is 1. The van der Waals surface area contributed by atoms with Gasteiger partial charge < -0.3 is 13.9 Å². The SMILES string of the molecule is CC1C/C=C\CCCC[C@](OCc2ccccc2)(C(F)(F)F)c2nnc(o2)-c2nc(c(C(F)(F)F)cc2NC(=O)OC(C)(C)C)C1. The number of aromatic nitrogens is 3. The van der Waals surface area contributed by atoms with Gasteiger partial charge in [-0.3, -0.25) is 5.32 Å². The molecule has 3 heterocycles. The molecule has 1 amide bonds. The van der Waals surface area contributed by atoms with Crippen molar-refractivity contribution in [3.05, 3.63) is 71.3 Å². The number of carbonyl (C=O) groups is 1. The van der Waals surface area contributed by atoms with E-state index in [4.69, 9.17) is 13.9 Å². The fourth-order valence-electron chi connectivity index (χ4n) is 4.97. The lowest BCUT2D eigenvalue weighted by Gasteiger charge is -2.32. The minimum atomic E-state index is -5.03. The lowest BCUT2D eigenvalue weighted by Crippen LogP contribution is -2.45. The predicted octanol–water partition coefficient (Wildman–Crippen LogP) is 9.17. The zero-order valence-corrected chi connectivity index (χ0v) is 25.9. The summed E-state index contributed by atoms with van der Waals surface area (Å²) in [7, 11) is 0. The van der Waals surface area contributed by atoms with Crippen LogP contribution < -0.4 is 5.32 Å². The maximum atomic E-state index is 15.0. The molecule has 1 aromatic carbocycles. The van der Waals surface area contributed by atoms with Crippen molar-refractivity contribution in [2.75, 3.05) is 5.32 Å². The van der Waals surface area contributed by atoms with E-state index in [1.54, 1.807) is 70.2 Å². The fraction of sp³-hybridized carbons (Fsp3) is 0.500. The van der Waals surface area contributed by atoms with Crippen LogP contribution in [0.1, 0.15) is 82.5 Å². The first-order valence-corrected chi connectivity index (χ1v) is 14.8. The molecule has 1 aliphatic heterocycles. The normalized spacial score (nSPS) is 20.6. The van der Waals surface area contributed by atoms with Crippen molar-refractivity contribution in [2.45, 2.75) is 96.4 Å². The first-order chi connectivity index (χ1) is 21.5. The Hall–Kier alpha value is -3.94. The fourth-order valence-corrected chi connectivity index (χ4v) is 4.97. The maximum Gasteiger partial charge on any atom is 0.426 e. The lowest BCUT2D eigenvalue weighted by atomic mass is 9.94. The Morgan fingerprint density at radius 3 is 2.41 bits per heavy atom. The van der Waals surface area contributed by atoms with Gasteiger partial charge >= 0.3 is 18.4 Å². The Kier molecular flexibility index (Phi) is 10.5. The van der Waals surface area contributed by atoms with Crippen LogP contribution in [0.3, 0.4) is 0 Å². The number of ether oxygens (including phenoxy) is 2. The highest BCUT2D eigenvalue weighted by Crippen LogP contribution is 2.47. The number of nitrogens with zero attached hydrogens (tertiary/aromatic N) is 3. The van der Waals surface area contributed by atoms with Crippen LogP contribution in [0.2, 0.25) is 0 Å². The zero-order valence-electron chi connectivity index (χ0n) is 25.9. The molecule has 0 fully saturated rings. The molecule has 1 N–H and O–H groups in total. The topological polar surface area (TPSA) is 99.4 Å². The second kappa shape index (κ2) is 13.8. The van der Waals surface area contributed by atoms with E-state index >= 15 is 13.2 Å². The summed E-state index contributed by atoms with van der Waals surface area (Å²) in [5.74, 6) is -1.85. The Morgan fingerprint density at radius 2 is 1.76 bits per heavy atom. The van der Waals surface area contributed by atoms with Gasteiger partial charge in [-0.05, 0) is 76.8 Å². The molecule has 46 heavy (non-hydrogen) atoms. The van der Waals surface area contributed by atoms with E-state index < -0.39 is 77.1 Å². The first-order valence-electron chi connectivity index (χ1n) is 14.8. The number of nitrogens with one attached hydrogen (secondary N) is 1. The molecule has 0 saturated heterocycles. The molecule has 4 rings (SSSR count). The third kappa shape index (κ3) is 8.65. The second-order valence-corrected chi connectivity index (χ2v) is 12.3. The zero-order chi connectivity index (χ0) is 33.8. The molecule has 0 aliphatic carbocycles. The summed E-state index contributed by atoms with van der Waals surface area (Å²) in [5.41, 5.74) is -6.09. The van der Waals surface area contributed by atoms with Gasteiger partial charge in [-0.1, -0.05) is 49.4 Å². The number of anilines is 1. The Labute approximate surface area is 262 Å². The quantitative estimate of drug-likeness (QED) is 0.221. The van der Waals surface area contributed by atoms with Gasteiger partial charge in [-0.15, -0.1) is 10.2 Å². The number of alkyl halides is 6. The number of pyridine rings is 1. The number of benzene rings is 1. The van der Waals surface area contributed by atoms with Gasteiger partial charge in [-0.2, -0.15) is 26.3 Å². The third-order valence-electron chi connectivity index (χ3n) is 7.20. The highest BCUT2D eigenvalue weighted by molar-refractivity contribution is 5.89. The van der Waals surface area contributed by atoms with Crippen molar-refractivity contribution in [3.63, 3.8) is 0 Å². The van der Waals surface area contributed by atoms with E-state index in [1.165, 1.54) is 0 Å². The van der Waals surface area contributed by atoms with Crippen LogP contribution in [-0.4, -0.2) is 33.1 Å². The van der Waals surface area contributed by atoms with Crippen LogP contribution in [0.5, 0.6) is 0 Å². The number of halogens is 6. The van der Waals surface area contributed by atoms with Gasteiger partial charge in [0.1, 0.15) is 5.60 Å². The summed E-state index contributed by atoms with van der Waals surface area (Å²) < 4.78 is 104. The van der Waals surface area contributed by atoms with Crippen molar-refractivity contribution in [1.82, 2.24) is 15.2 Å². The monoisotopic (exact) mass is 654 g/mol. The Balaban J connectivity index is 1.90. The number of carbonyl (C=O) groups excluding carboxylic acids is 1. The summed E-state index contributed by atoms with van der Waals surface area (Å²) in [4.78, 5) is 16.9. The molecule has 2 aromatic heterocycles. The molecule has 1 aliphatic rings. The van der Waals surface area contributed by atoms with Crippen LogP contribution in [0.25, 0.3) is 11.6 Å². The number of hydrogen-bond donors (Lipinski definition) is 1. The molecule has 8 nitrogen and oxygen atoms in total. The van der Waals surface area contributed by atoms with E-state index in [1.807, 2.05) is 0 Å². The summed E-state index contributed by atoms with van der Waals surface area (Å²) >= 11 is 0. The van der Waals surface area contributed by atoms with Gasteiger partial charge in [0.05, 0.1) is 23.6 Å². The van der Waals surface area contributed by atoms with E-state index in [2.05, 4.69) is 20.5 Å². The lowest BCUT2D eigenvalue weighted by molar-refractivity contribution is -0.300. The van der Waals surface area contributed by atoms with E-state index in [0.29, 0.717) is 30.9 Å². The molecule has 4 bridgehead atoms. The van der Waals surface area contributed by atoms with Crippen molar-refractivity contribution >= 4 is 11.8 Å². The van der Waals surface area contributed by atoms with Crippen molar-refractivity contribution in [3.8, 4) is 11.6 Å². The number of hydrogen-bond acceptors (Lipinski definition) is 7. The summed E-state index contributed by atoms with van der Waals surface area (Å²) in [6.45, 7) is 5.98. The van der Waals surface area contributed by atoms with Crippen molar-refractivity contribution < 1.29 is 45.0 Å². The Bertz CT molecular complexity index is 1520. The molecule has 3 aromatic rings. The largest absolute Gasteiger partial charge is 0.444 e. The summed E-state index contributed by atoms with van der Waals surface area (Å²) in [5, 5.41) is 9.74. The smallest absolute Gasteiger partial charge is 0.426 e. The average Bonchev–Trinajstić information content (AvgIpc) is 3.43. The summed E-state index contributed by atoms with van der Waals surface area (Å²) in [6, 6.07) is 8.88. The molecule has 14 heteroatoms. The maximum absolute atomic E-state index is 15.0. The van der Waals surface area contributed by atoms with Crippen LogP contribution >= 0.6 is 0 Å². The molecular weight excluding hydrogens is 618 g/mol. The second-order valence-electron chi connectivity index (χ2n) is 12.3. The number of allylic oxidation sites excluding steroid dienone is 2. The predicted molar refractivity (Wildman–Crippen MR) is 156 cm³/mol. The number of rotatable bonds is 4. The van der Waals surface area contributed by atoms with E-state index in [0.717, 1.165) is 0 Å². The average molecular weight is 655 g/mol. The van der Waals surface area contributed by atoms with Gasteiger partial charge in [0.15, 0.2) is 5.69 Å². The molecule has 2 atom stereocenters. The molecular formula is C32H36F6N4O4. The standard InChI is InChI=1S/C32H36F6N4O4/c1-20-13-9-6-5-7-12-16-30(32(36,37)38,44-19-21-14-10-8-11-15-21)27-42-41-26(45-27)25-24(40-28(43)46-29(2,3)4)18-22(31(33,34)35)23(17-20)39-25/h6,8-11,14-15,18,20H,5,7,12-13,16-17,19H2,1-4H3,(H,40,43)/b9-6-/t20?,30-/m1/s1. The molecule has 0 spiro atoms. The molecule has 0 radical (unpaired) electrons. The van der Waals surface area contributed by atoms with Gasteiger partial charge in [0.25, 0.3) is 11.8 Å². The minimum Gasteiger partial charge on any atom is -0.444 e. The molecule has 0 saturated carbocycles. The summed E-state index contributed by atoms with van der Waals surface area (Å²) in [6.07, 6.45) is -6.81. The van der Waals surface area contributed by atoms with E-state index in [9.17, 15) is 18.0 Å². The van der Waals surface area contributed by atoms with Crippen molar-refractivity contribution in [2.24, 2.45) is 5.92 Å². The molecule has 1 unspecified atom stereocenters. The first kappa shape index (κ1) is 34.9. The molecule has 250 valence electrons. The highest BCUT2D eigenvalue weighted by Gasteiger charge is 2.61. The number of fused-ring (bicyclic) bond motifs is 5. The van der Waals surface area contributed by atoms with Gasteiger partial charge in [0, 0.05) is 0 Å². The highest BCUT2D eigenvalue weighted by atomic mass is 19.4. The van der Waals surface area contributed by atoms with Gasteiger partial charge in [-0.25, -0.2) is 9.78 Å². The van der Waals surface area contributed by atoms with E-state index in [-0.39, 0.29) is 18.8 Å². The third-order valence-corrected chi connectivity index (χ3v) is 7.20. The van der Waals surface area contributed by atoms with Crippen LogP contribution in [0.15, 0.2) is 53.0 Å². The van der Waals surface area contributed by atoms with Crippen LogP contribution in [-0.2, 0) is 34.3 Å². The van der Waals surface area contributed by atoms with Crippen LogP contribution in [0, 0.1) is 5.92 Å². The van der Waals surface area contributed by atoms with Crippen molar-refractivity contribution in [1.29, 1.82) is 0 Å². The van der Waals surface area contributed by atoms with Gasteiger partial charge in [0.2, 0.25) is 5.60 Å². The van der Waals surface area contributed by atoms with Crippen LogP contribution in [0.4, 0.5) is 36.8 Å².